The molecule has 1 rings (SSSR count). The normalized spacial score (nSPS) is 9.90. The maximum Gasteiger partial charge on any atom is 0.129 e. The van der Waals surface area contributed by atoms with E-state index in [0.717, 1.165) is 6.42 Å². The monoisotopic (exact) mass is 155 g/mol. The zero-order chi connectivity index (χ0) is 7.56. The first-order chi connectivity index (χ1) is 4.74. The van der Waals surface area contributed by atoms with E-state index < -0.39 is 0 Å². The molecule has 1 heterocycles. The van der Waals surface area contributed by atoms with Crippen LogP contribution in [0, 0.1) is 6.92 Å². The van der Waals surface area contributed by atoms with Gasteiger partial charge in [0.2, 0.25) is 0 Å². The van der Waals surface area contributed by atoms with Crippen LogP contribution in [0.25, 0.3) is 0 Å². The van der Waals surface area contributed by atoms with Crippen LogP contribution in [-0.2, 0) is 6.42 Å². The Balaban J connectivity index is 3.07. The Hall–Kier alpha value is -0.560. The molecule has 1 aromatic rings. The molecule has 0 aliphatic rings. The van der Waals surface area contributed by atoms with Crippen LogP contribution < -0.4 is 0 Å². The van der Waals surface area contributed by atoms with Gasteiger partial charge in [0, 0.05) is 6.20 Å². The highest BCUT2D eigenvalue weighted by Crippen LogP contribution is 2.11. The zero-order valence-electron chi connectivity index (χ0n) is 6.19. The third kappa shape index (κ3) is 1.48. The summed E-state index contributed by atoms with van der Waals surface area (Å²) in [4.78, 5) is 3.98. The van der Waals surface area contributed by atoms with E-state index in [-0.39, 0.29) is 0 Å². The highest BCUT2D eigenvalue weighted by Gasteiger charge is 1.95. The van der Waals surface area contributed by atoms with Crippen LogP contribution in [0.15, 0.2) is 12.3 Å². The summed E-state index contributed by atoms with van der Waals surface area (Å²) < 4.78 is 0. The quantitative estimate of drug-likeness (QED) is 0.569. The lowest BCUT2D eigenvalue weighted by Gasteiger charge is -2.00. The standard InChI is InChI=1S/C8H10ClN/c1-3-7-5-10-8(9)4-6(7)2/h4-5H,3H2,1-2H3. The lowest BCUT2D eigenvalue weighted by atomic mass is 10.1. The van der Waals surface area contributed by atoms with Crippen LogP contribution in [0.2, 0.25) is 5.15 Å². The van der Waals surface area contributed by atoms with Gasteiger partial charge in [0.25, 0.3) is 0 Å². The molecule has 1 aromatic heterocycles. The van der Waals surface area contributed by atoms with Gasteiger partial charge in [0.15, 0.2) is 0 Å². The minimum absolute atomic E-state index is 0.578. The largest absolute Gasteiger partial charge is 0.244 e. The number of halogens is 1. The molecule has 0 spiro atoms. The molecule has 0 atom stereocenters. The maximum atomic E-state index is 5.66. The second kappa shape index (κ2) is 3.02. The molecule has 0 unspecified atom stereocenters. The number of aromatic nitrogens is 1. The van der Waals surface area contributed by atoms with Gasteiger partial charge in [-0.1, -0.05) is 18.5 Å². The molecule has 10 heavy (non-hydrogen) atoms. The highest BCUT2D eigenvalue weighted by molar-refractivity contribution is 6.29. The van der Waals surface area contributed by atoms with Gasteiger partial charge in [-0.15, -0.1) is 0 Å². The van der Waals surface area contributed by atoms with Crippen molar-refractivity contribution in [2.24, 2.45) is 0 Å². The van der Waals surface area contributed by atoms with Crippen molar-refractivity contribution in [3.05, 3.63) is 28.5 Å². The average Bonchev–Trinajstić information content (AvgIpc) is 1.88. The highest BCUT2D eigenvalue weighted by atomic mass is 35.5. The van der Waals surface area contributed by atoms with Crippen LogP contribution in [0.1, 0.15) is 18.1 Å². The van der Waals surface area contributed by atoms with E-state index in [2.05, 4.69) is 11.9 Å². The third-order valence-corrected chi connectivity index (χ3v) is 1.77. The molecule has 0 aromatic carbocycles. The summed E-state index contributed by atoms with van der Waals surface area (Å²) in [5.74, 6) is 0. The molecule has 0 aliphatic carbocycles. The summed E-state index contributed by atoms with van der Waals surface area (Å²) in [7, 11) is 0. The number of hydrogen-bond acceptors (Lipinski definition) is 1. The summed E-state index contributed by atoms with van der Waals surface area (Å²) >= 11 is 5.66. The van der Waals surface area contributed by atoms with Crippen molar-refractivity contribution in [1.82, 2.24) is 4.98 Å². The lowest BCUT2D eigenvalue weighted by Crippen LogP contribution is -1.87. The molecular weight excluding hydrogens is 146 g/mol. The SMILES string of the molecule is CCc1cnc(Cl)cc1C. The molecule has 2 heteroatoms. The number of aryl methyl sites for hydroxylation is 2. The maximum absolute atomic E-state index is 5.66. The first kappa shape index (κ1) is 7.55. The minimum Gasteiger partial charge on any atom is -0.244 e. The molecule has 0 saturated heterocycles. The van der Waals surface area contributed by atoms with E-state index in [4.69, 9.17) is 11.6 Å². The van der Waals surface area contributed by atoms with Crippen LogP contribution in [0.3, 0.4) is 0 Å². The summed E-state index contributed by atoms with van der Waals surface area (Å²) in [6, 6.07) is 1.89. The molecule has 1 nitrogen and oxygen atoms in total. The minimum atomic E-state index is 0.578. The predicted molar refractivity (Wildman–Crippen MR) is 43.4 cm³/mol. The molecule has 0 N–H and O–H groups in total. The first-order valence-electron chi connectivity index (χ1n) is 3.35. The van der Waals surface area contributed by atoms with Crippen molar-refractivity contribution in [2.75, 3.05) is 0 Å². The van der Waals surface area contributed by atoms with E-state index in [1.54, 1.807) is 0 Å². The van der Waals surface area contributed by atoms with Crippen molar-refractivity contribution < 1.29 is 0 Å². The second-order valence-electron chi connectivity index (χ2n) is 2.29. The van der Waals surface area contributed by atoms with Crippen LogP contribution in [0.5, 0.6) is 0 Å². The van der Waals surface area contributed by atoms with E-state index >= 15 is 0 Å². The summed E-state index contributed by atoms with van der Waals surface area (Å²) in [5.41, 5.74) is 2.49. The zero-order valence-corrected chi connectivity index (χ0v) is 6.94. The topological polar surface area (TPSA) is 12.9 Å². The second-order valence-corrected chi connectivity index (χ2v) is 2.67. The van der Waals surface area contributed by atoms with Crippen molar-refractivity contribution in [3.63, 3.8) is 0 Å². The number of rotatable bonds is 1. The Morgan fingerprint density at radius 3 is 2.80 bits per heavy atom. The smallest absolute Gasteiger partial charge is 0.129 e. The van der Waals surface area contributed by atoms with Crippen LogP contribution in [-0.4, -0.2) is 4.98 Å². The molecule has 0 saturated carbocycles. The van der Waals surface area contributed by atoms with E-state index in [1.165, 1.54) is 11.1 Å². The molecule has 0 aliphatic heterocycles. The molecule has 0 amide bonds. The van der Waals surface area contributed by atoms with Gasteiger partial charge >= 0.3 is 0 Å². The number of pyridine rings is 1. The molecule has 0 bridgehead atoms. The van der Waals surface area contributed by atoms with Crippen molar-refractivity contribution >= 4 is 11.6 Å². The summed E-state index contributed by atoms with van der Waals surface area (Å²) in [6.07, 6.45) is 2.85. The van der Waals surface area contributed by atoms with E-state index in [9.17, 15) is 0 Å². The Bertz CT molecular complexity index is 233. The lowest BCUT2D eigenvalue weighted by molar-refractivity contribution is 1.07. The Morgan fingerprint density at radius 2 is 2.30 bits per heavy atom. The fourth-order valence-corrected chi connectivity index (χ4v) is 1.13. The molecular formula is C8H10ClN. The van der Waals surface area contributed by atoms with E-state index in [0.29, 0.717) is 5.15 Å². The Morgan fingerprint density at radius 1 is 1.60 bits per heavy atom. The van der Waals surface area contributed by atoms with Gasteiger partial charge in [0.05, 0.1) is 0 Å². The fraction of sp³-hybridized carbons (Fsp3) is 0.375. The van der Waals surface area contributed by atoms with Crippen molar-refractivity contribution in [2.45, 2.75) is 20.3 Å². The molecule has 0 fully saturated rings. The molecule has 0 radical (unpaired) electrons. The van der Waals surface area contributed by atoms with Crippen molar-refractivity contribution in [3.8, 4) is 0 Å². The number of nitrogens with zero attached hydrogens (tertiary/aromatic N) is 1. The van der Waals surface area contributed by atoms with Gasteiger partial charge in [-0.2, -0.15) is 0 Å². The summed E-state index contributed by atoms with van der Waals surface area (Å²) in [5, 5.41) is 0.578. The fourth-order valence-electron chi connectivity index (χ4n) is 0.920. The van der Waals surface area contributed by atoms with Gasteiger partial charge in [-0.05, 0) is 30.5 Å². The average molecular weight is 156 g/mol. The first-order valence-corrected chi connectivity index (χ1v) is 3.73. The third-order valence-electron chi connectivity index (χ3n) is 1.57. The van der Waals surface area contributed by atoms with Gasteiger partial charge in [-0.3, -0.25) is 0 Å². The molecule has 54 valence electrons. The van der Waals surface area contributed by atoms with E-state index in [1.807, 2.05) is 19.2 Å². The predicted octanol–water partition coefficient (Wildman–Crippen LogP) is 2.61. The summed E-state index contributed by atoms with van der Waals surface area (Å²) in [6.45, 7) is 4.16. The Kier molecular flexibility index (Phi) is 2.28. The Labute approximate surface area is 66.0 Å². The van der Waals surface area contributed by atoms with Gasteiger partial charge in [-0.25, -0.2) is 4.98 Å². The van der Waals surface area contributed by atoms with Crippen LogP contribution in [0.4, 0.5) is 0 Å². The van der Waals surface area contributed by atoms with Crippen LogP contribution >= 0.6 is 11.6 Å². The van der Waals surface area contributed by atoms with Crippen molar-refractivity contribution in [1.29, 1.82) is 0 Å². The van der Waals surface area contributed by atoms with Gasteiger partial charge in [0.1, 0.15) is 5.15 Å². The van der Waals surface area contributed by atoms with Gasteiger partial charge < -0.3 is 0 Å². The number of hydrogen-bond donors (Lipinski definition) is 0.